The first kappa shape index (κ1) is 15.5. The lowest BCUT2D eigenvalue weighted by molar-refractivity contribution is 0.152. The molecule has 3 atom stereocenters. The van der Waals surface area contributed by atoms with Crippen LogP contribution in [-0.4, -0.2) is 12.6 Å². The average molecular weight is 354 g/mol. The zero-order valence-electron chi connectivity index (χ0n) is 13.0. The molecule has 21 heavy (non-hydrogen) atoms. The van der Waals surface area contributed by atoms with Gasteiger partial charge in [-0.2, -0.15) is 0 Å². The minimum atomic E-state index is -0.130. The van der Waals surface area contributed by atoms with Gasteiger partial charge < -0.3 is 5.32 Å². The van der Waals surface area contributed by atoms with E-state index in [1.54, 1.807) is 12.1 Å². The number of benzene rings is 1. The highest BCUT2D eigenvalue weighted by molar-refractivity contribution is 9.10. The van der Waals surface area contributed by atoms with Gasteiger partial charge in [0.05, 0.1) is 0 Å². The molecule has 3 heteroatoms. The quantitative estimate of drug-likeness (QED) is 0.790. The summed E-state index contributed by atoms with van der Waals surface area (Å²) in [5, 5.41) is 3.66. The number of rotatable bonds is 5. The first-order valence-electron chi connectivity index (χ1n) is 8.15. The summed E-state index contributed by atoms with van der Waals surface area (Å²) >= 11 is 3.43. The van der Waals surface area contributed by atoms with Crippen molar-refractivity contribution >= 4 is 15.9 Å². The topological polar surface area (TPSA) is 12.0 Å². The highest BCUT2D eigenvalue weighted by Crippen LogP contribution is 2.57. The summed E-state index contributed by atoms with van der Waals surface area (Å²) in [7, 11) is 0. The van der Waals surface area contributed by atoms with E-state index in [0.29, 0.717) is 11.5 Å². The predicted octanol–water partition coefficient (Wildman–Crippen LogP) is 4.94. The van der Waals surface area contributed by atoms with Crippen LogP contribution in [0.3, 0.4) is 0 Å². The Morgan fingerprint density at radius 1 is 1.33 bits per heavy atom. The molecule has 2 aliphatic carbocycles. The smallest absolute Gasteiger partial charge is 0.124 e. The largest absolute Gasteiger partial charge is 0.314 e. The van der Waals surface area contributed by atoms with Crippen LogP contribution in [0.5, 0.6) is 0 Å². The van der Waals surface area contributed by atoms with Crippen LogP contribution >= 0.6 is 15.9 Å². The van der Waals surface area contributed by atoms with Crippen LogP contribution in [0.4, 0.5) is 4.39 Å². The predicted molar refractivity (Wildman–Crippen MR) is 88.8 cm³/mol. The first-order chi connectivity index (χ1) is 9.97. The molecule has 3 rings (SSSR count). The third kappa shape index (κ3) is 3.34. The van der Waals surface area contributed by atoms with E-state index < -0.39 is 0 Å². The molecule has 1 aromatic carbocycles. The van der Waals surface area contributed by atoms with E-state index >= 15 is 0 Å². The van der Waals surface area contributed by atoms with Crippen molar-refractivity contribution in [3.8, 4) is 0 Å². The molecule has 0 saturated heterocycles. The molecular weight excluding hydrogens is 329 g/mol. The van der Waals surface area contributed by atoms with E-state index in [1.165, 1.54) is 25.7 Å². The van der Waals surface area contributed by atoms with E-state index in [9.17, 15) is 4.39 Å². The molecule has 1 aromatic rings. The SMILES string of the molecule is CC(C)NCC1(Cc2cc(F)cc(Br)c2)CC2CCC1C2. The maximum absolute atomic E-state index is 13.7. The molecule has 116 valence electrons. The van der Waals surface area contributed by atoms with Crippen molar-refractivity contribution in [3.63, 3.8) is 0 Å². The van der Waals surface area contributed by atoms with E-state index in [-0.39, 0.29) is 5.82 Å². The Morgan fingerprint density at radius 2 is 2.14 bits per heavy atom. The molecule has 0 aromatic heterocycles. The minimum Gasteiger partial charge on any atom is -0.314 e. The van der Waals surface area contributed by atoms with E-state index in [2.05, 4.69) is 41.2 Å². The van der Waals surface area contributed by atoms with Gasteiger partial charge in [0.15, 0.2) is 0 Å². The monoisotopic (exact) mass is 353 g/mol. The Bertz CT molecular complexity index is 496. The molecule has 1 nitrogen and oxygen atoms in total. The standard InChI is InChI=1S/C18H25BrFN/c1-12(2)21-11-18(9-13-3-4-15(18)5-13)10-14-6-16(19)8-17(20)7-14/h6-8,12-13,15,21H,3-5,9-11H2,1-2H3. The van der Waals surface area contributed by atoms with Gasteiger partial charge in [0.2, 0.25) is 0 Å². The van der Waals surface area contributed by atoms with Crippen molar-refractivity contribution in [1.29, 1.82) is 0 Å². The molecule has 1 N–H and O–H groups in total. The molecule has 2 bridgehead atoms. The first-order valence-corrected chi connectivity index (χ1v) is 8.94. The normalized spacial score (nSPS) is 31.3. The van der Waals surface area contributed by atoms with Gasteiger partial charge in [-0.25, -0.2) is 4.39 Å². The van der Waals surface area contributed by atoms with Gasteiger partial charge in [-0.3, -0.25) is 0 Å². The lowest BCUT2D eigenvalue weighted by Gasteiger charge is -2.39. The molecule has 2 fully saturated rings. The van der Waals surface area contributed by atoms with Crippen molar-refractivity contribution in [1.82, 2.24) is 5.32 Å². The van der Waals surface area contributed by atoms with E-state index in [4.69, 9.17) is 0 Å². The van der Waals surface area contributed by atoms with Crippen molar-refractivity contribution in [2.75, 3.05) is 6.54 Å². The molecular formula is C18H25BrFN. The highest BCUT2D eigenvalue weighted by atomic mass is 79.9. The second kappa shape index (κ2) is 6.00. The Labute approximate surface area is 135 Å². The zero-order valence-corrected chi connectivity index (χ0v) is 14.5. The third-order valence-electron chi connectivity index (χ3n) is 5.44. The van der Waals surface area contributed by atoms with Gasteiger partial charge in [-0.1, -0.05) is 36.2 Å². The number of fused-ring (bicyclic) bond motifs is 2. The molecule has 0 amide bonds. The summed E-state index contributed by atoms with van der Waals surface area (Å²) in [5.41, 5.74) is 1.47. The van der Waals surface area contributed by atoms with Crippen LogP contribution < -0.4 is 5.32 Å². The Hall–Kier alpha value is -0.410. The van der Waals surface area contributed by atoms with Crippen molar-refractivity contribution in [2.45, 2.75) is 52.0 Å². The number of nitrogens with one attached hydrogen (secondary N) is 1. The lowest BCUT2D eigenvalue weighted by Crippen LogP contribution is -2.42. The van der Waals surface area contributed by atoms with Crippen LogP contribution in [-0.2, 0) is 6.42 Å². The van der Waals surface area contributed by atoms with Crippen molar-refractivity contribution in [3.05, 3.63) is 34.1 Å². The van der Waals surface area contributed by atoms with Crippen LogP contribution in [0.25, 0.3) is 0 Å². The van der Waals surface area contributed by atoms with Gasteiger partial charge in [-0.15, -0.1) is 0 Å². The molecule has 2 saturated carbocycles. The Morgan fingerprint density at radius 3 is 2.71 bits per heavy atom. The van der Waals surface area contributed by atoms with Gasteiger partial charge in [0, 0.05) is 17.1 Å². The minimum absolute atomic E-state index is 0.130. The lowest BCUT2D eigenvalue weighted by atomic mass is 9.69. The summed E-state index contributed by atoms with van der Waals surface area (Å²) in [6, 6.07) is 5.86. The van der Waals surface area contributed by atoms with Crippen molar-refractivity contribution in [2.24, 2.45) is 17.3 Å². The fourth-order valence-electron chi connectivity index (χ4n) is 4.58. The summed E-state index contributed by atoms with van der Waals surface area (Å²) in [6.07, 6.45) is 6.47. The van der Waals surface area contributed by atoms with Crippen molar-refractivity contribution < 1.29 is 4.39 Å². The van der Waals surface area contributed by atoms with E-state index in [0.717, 1.165) is 34.8 Å². The van der Waals surface area contributed by atoms with E-state index in [1.807, 2.05) is 0 Å². The maximum atomic E-state index is 13.7. The third-order valence-corrected chi connectivity index (χ3v) is 5.90. The summed E-state index contributed by atoms with van der Waals surface area (Å²) in [6.45, 7) is 5.49. The fraction of sp³-hybridized carbons (Fsp3) is 0.667. The van der Waals surface area contributed by atoms with Crippen LogP contribution in [0.2, 0.25) is 0 Å². The number of halogens is 2. The molecule has 0 radical (unpaired) electrons. The summed E-state index contributed by atoms with van der Waals surface area (Å²) in [4.78, 5) is 0. The molecule has 3 unspecified atom stereocenters. The maximum Gasteiger partial charge on any atom is 0.124 e. The molecule has 2 aliphatic rings. The van der Waals surface area contributed by atoms with Gasteiger partial charge in [-0.05, 0) is 66.7 Å². The fourth-order valence-corrected chi connectivity index (χ4v) is 5.09. The van der Waals surface area contributed by atoms with Crippen LogP contribution in [0, 0.1) is 23.1 Å². The van der Waals surface area contributed by atoms with Crippen LogP contribution in [0.1, 0.15) is 45.1 Å². The molecule has 0 heterocycles. The Balaban J connectivity index is 1.82. The van der Waals surface area contributed by atoms with Crippen LogP contribution in [0.15, 0.2) is 22.7 Å². The summed E-state index contributed by atoms with van der Waals surface area (Å²) < 4.78 is 14.5. The van der Waals surface area contributed by atoms with Gasteiger partial charge >= 0.3 is 0 Å². The highest BCUT2D eigenvalue weighted by Gasteiger charge is 2.50. The second-order valence-corrected chi connectivity index (χ2v) is 8.35. The number of hydrogen-bond acceptors (Lipinski definition) is 1. The molecule has 0 aliphatic heterocycles. The van der Waals surface area contributed by atoms with Gasteiger partial charge in [0.1, 0.15) is 5.82 Å². The summed E-state index contributed by atoms with van der Waals surface area (Å²) in [5.74, 6) is 1.59. The number of hydrogen-bond donors (Lipinski definition) is 1. The average Bonchev–Trinajstić information content (AvgIpc) is 2.96. The Kier molecular flexibility index (Phi) is 4.42. The van der Waals surface area contributed by atoms with Gasteiger partial charge in [0.25, 0.3) is 0 Å². The second-order valence-electron chi connectivity index (χ2n) is 7.43. The zero-order chi connectivity index (χ0) is 15.0. The molecule has 0 spiro atoms.